The second-order valence-electron chi connectivity index (χ2n) is 5.51. The van der Waals surface area contributed by atoms with E-state index in [1.165, 1.54) is 0 Å². The summed E-state index contributed by atoms with van der Waals surface area (Å²) in [6.07, 6.45) is 1.61. The van der Waals surface area contributed by atoms with Crippen LogP contribution in [0.15, 0.2) is 42.6 Å². The van der Waals surface area contributed by atoms with Crippen molar-refractivity contribution in [3.05, 3.63) is 48.2 Å². The highest BCUT2D eigenvalue weighted by Crippen LogP contribution is 2.16. The third-order valence-electron chi connectivity index (χ3n) is 3.18. The zero-order chi connectivity index (χ0) is 17.4. The van der Waals surface area contributed by atoms with Crippen LogP contribution < -0.4 is 20.1 Å². The Hall–Kier alpha value is -2.76. The first kappa shape index (κ1) is 17.6. The second-order valence-corrected chi connectivity index (χ2v) is 5.51. The Morgan fingerprint density at radius 1 is 1.17 bits per heavy atom. The maximum Gasteiger partial charge on any atom is 0.251 e. The molecule has 0 atom stereocenters. The second kappa shape index (κ2) is 8.76. The molecule has 128 valence electrons. The molecular weight excluding hydrogens is 306 g/mol. The molecule has 2 aromatic rings. The van der Waals surface area contributed by atoms with E-state index >= 15 is 0 Å². The van der Waals surface area contributed by atoms with Gasteiger partial charge in [0.05, 0.1) is 13.7 Å². The summed E-state index contributed by atoms with van der Waals surface area (Å²) in [5.74, 6) is 2.10. The fourth-order valence-electron chi connectivity index (χ4n) is 2.03. The highest BCUT2D eigenvalue weighted by atomic mass is 16.5. The van der Waals surface area contributed by atoms with Gasteiger partial charge < -0.3 is 20.1 Å². The van der Waals surface area contributed by atoms with Gasteiger partial charge in [-0.1, -0.05) is 0 Å². The molecule has 0 bridgehead atoms. The molecule has 0 aliphatic rings. The number of methoxy groups -OCH3 is 1. The van der Waals surface area contributed by atoms with Crippen LogP contribution in [0.4, 0.5) is 5.82 Å². The summed E-state index contributed by atoms with van der Waals surface area (Å²) in [5.41, 5.74) is 0.581. The fourth-order valence-corrected chi connectivity index (χ4v) is 2.03. The number of hydrogen-bond acceptors (Lipinski definition) is 5. The highest BCUT2D eigenvalue weighted by Gasteiger charge is 2.07. The van der Waals surface area contributed by atoms with E-state index in [-0.39, 0.29) is 11.9 Å². The Morgan fingerprint density at radius 3 is 2.54 bits per heavy atom. The number of rotatable bonds is 8. The molecule has 6 nitrogen and oxygen atoms in total. The van der Waals surface area contributed by atoms with E-state index in [4.69, 9.17) is 9.47 Å². The minimum Gasteiger partial charge on any atom is -0.497 e. The lowest BCUT2D eigenvalue weighted by molar-refractivity contribution is 0.0943. The lowest BCUT2D eigenvalue weighted by Gasteiger charge is -2.11. The lowest BCUT2D eigenvalue weighted by Crippen LogP contribution is -2.30. The number of hydrogen-bond donors (Lipinski definition) is 2. The topological polar surface area (TPSA) is 72.5 Å². The first-order valence-electron chi connectivity index (χ1n) is 7.86. The number of carbonyl (C=O) groups is 1. The molecule has 1 heterocycles. The highest BCUT2D eigenvalue weighted by molar-refractivity contribution is 5.94. The molecule has 24 heavy (non-hydrogen) atoms. The average molecular weight is 329 g/mol. The number of amides is 1. The van der Waals surface area contributed by atoms with Crippen molar-refractivity contribution in [2.45, 2.75) is 19.9 Å². The van der Waals surface area contributed by atoms with Gasteiger partial charge in [0.15, 0.2) is 0 Å². The van der Waals surface area contributed by atoms with Crippen LogP contribution >= 0.6 is 0 Å². The van der Waals surface area contributed by atoms with Crippen molar-refractivity contribution >= 4 is 11.7 Å². The number of benzene rings is 1. The Balaban J connectivity index is 1.80. The summed E-state index contributed by atoms with van der Waals surface area (Å²) < 4.78 is 10.7. The van der Waals surface area contributed by atoms with Crippen molar-refractivity contribution in [2.24, 2.45) is 0 Å². The predicted octanol–water partition coefficient (Wildman–Crippen LogP) is 2.72. The van der Waals surface area contributed by atoms with Crippen LogP contribution in [0.3, 0.4) is 0 Å². The van der Waals surface area contributed by atoms with Gasteiger partial charge in [-0.15, -0.1) is 0 Å². The third-order valence-corrected chi connectivity index (χ3v) is 3.18. The van der Waals surface area contributed by atoms with E-state index < -0.39 is 0 Å². The van der Waals surface area contributed by atoms with Crippen LogP contribution in [0.5, 0.6) is 11.5 Å². The molecule has 0 unspecified atom stereocenters. The summed E-state index contributed by atoms with van der Waals surface area (Å²) >= 11 is 0. The van der Waals surface area contributed by atoms with Crippen LogP contribution in [-0.4, -0.2) is 37.2 Å². The van der Waals surface area contributed by atoms with Gasteiger partial charge in [-0.3, -0.25) is 4.79 Å². The van der Waals surface area contributed by atoms with Crippen molar-refractivity contribution in [3.8, 4) is 11.5 Å². The molecule has 0 saturated heterocycles. The van der Waals surface area contributed by atoms with Crippen LogP contribution in [0, 0.1) is 0 Å². The van der Waals surface area contributed by atoms with Crippen LogP contribution in [0.1, 0.15) is 24.2 Å². The van der Waals surface area contributed by atoms with Gasteiger partial charge in [0, 0.05) is 17.8 Å². The van der Waals surface area contributed by atoms with Gasteiger partial charge in [0.1, 0.15) is 23.9 Å². The van der Waals surface area contributed by atoms with Gasteiger partial charge >= 0.3 is 0 Å². The number of anilines is 1. The first-order chi connectivity index (χ1) is 11.6. The van der Waals surface area contributed by atoms with E-state index in [2.05, 4.69) is 15.6 Å². The normalized spacial score (nSPS) is 10.3. The molecule has 0 spiro atoms. The summed E-state index contributed by atoms with van der Waals surface area (Å²) in [5, 5.41) is 6.00. The third kappa shape index (κ3) is 5.46. The van der Waals surface area contributed by atoms with Crippen LogP contribution in [0.2, 0.25) is 0 Å². The minimum atomic E-state index is -0.107. The summed E-state index contributed by atoms with van der Waals surface area (Å²) in [6.45, 7) is 4.91. The number of aromatic nitrogens is 1. The molecule has 1 aromatic heterocycles. The fraction of sp³-hybridized carbons (Fsp3) is 0.333. The predicted molar refractivity (Wildman–Crippen MR) is 93.8 cm³/mol. The molecule has 2 N–H and O–H groups in total. The number of carbonyl (C=O) groups excluding carboxylic acids is 1. The Kier molecular flexibility index (Phi) is 6.42. The number of pyridine rings is 1. The van der Waals surface area contributed by atoms with E-state index in [1.54, 1.807) is 25.4 Å². The van der Waals surface area contributed by atoms with Gasteiger partial charge in [-0.05, 0) is 50.2 Å². The van der Waals surface area contributed by atoms with Crippen LogP contribution in [-0.2, 0) is 0 Å². The van der Waals surface area contributed by atoms with Crippen LogP contribution in [0.25, 0.3) is 0 Å². The van der Waals surface area contributed by atoms with Crippen molar-refractivity contribution in [1.29, 1.82) is 0 Å². The molecule has 0 aliphatic carbocycles. The molecule has 1 amide bonds. The largest absolute Gasteiger partial charge is 0.497 e. The van der Waals surface area contributed by atoms with E-state index in [0.29, 0.717) is 24.5 Å². The van der Waals surface area contributed by atoms with E-state index in [0.717, 1.165) is 11.5 Å². The average Bonchev–Trinajstić information content (AvgIpc) is 2.59. The smallest absolute Gasteiger partial charge is 0.251 e. The van der Waals surface area contributed by atoms with Gasteiger partial charge in [-0.2, -0.15) is 0 Å². The van der Waals surface area contributed by atoms with E-state index in [9.17, 15) is 4.79 Å². The molecular formula is C18H23N3O3. The molecule has 6 heteroatoms. The number of nitrogens with zero attached hydrogens (tertiary/aromatic N) is 1. The van der Waals surface area contributed by atoms with Crippen molar-refractivity contribution in [1.82, 2.24) is 10.3 Å². The molecule has 1 aromatic carbocycles. The van der Waals surface area contributed by atoms with E-state index in [1.807, 2.05) is 38.1 Å². The SMILES string of the molecule is COc1ccc(OCCNc2cc(C(=O)NC(C)C)ccn2)cc1. The standard InChI is InChI=1S/C18H23N3O3/c1-13(2)21-18(22)14-8-9-19-17(12-14)20-10-11-24-16-6-4-15(23-3)5-7-16/h4-9,12-13H,10-11H2,1-3H3,(H,19,20)(H,21,22). The molecule has 0 radical (unpaired) electrons. The maximum absolute atomic E-state index is 12.0. The quantitative estimate of drug-likeness (QED) is 0.729. The summed E-state index contributed by atoms with van der Waals surface area (Å²) in [6, 6.07) is 10.9. The lowest BCUT2D eigenvalue weighted by atomic mass is 10.2. The summed E-state index contributed by atoms with van der Waals surface area (Å²) in [7, 11) is 1.63. The maximum atomic E-state index is 12.0. The minimum absolute atomic E-state index is 0.0972. The number of nitrogens with one attached hydrogen (secondary N) is 2. The number of ether oxygens (including phenoxy) is 2. The van der Waals surface area contributed by atoms with Gasteiger partial charge in [-0.25, -0.2) is 4.98 Å². The monoisotopic (exact) mass is 329 g/mol. The van der Waals surface area contributed by atoms with Crippen molar-refractivity contribution in [3.63, 3.8) is 0 Å². The van der Waals surface area contributed by atoms with Crippen molar-refractivity contribution in [2.75, 3.05) is 25.6 Å². The molecule has 0 aliphatic heterocycles. The first-order valence-corrected chi connectivity index (χ1v) is 7.86. The zero-order valence-electron chi connectivity index (χ0n) is 14.2. The Morgan fingerprint density at radius 2 is 1.88 bits per heavy atom. The van der Waals surface area contributed by atoms with Gasteiger partial charge in [0.25, 0.3) is 5.91 Å². The molecule has 0 fully saturated rings. The molecule has 2 rings (SSSR count). The molecule has 0 saturated carbocycles. The Labute approximate surface area is 142 Å². The van der Waals surface area contributed by atoms with Gasteiger partial charge in [0.2, 0.25) is 0 Å². The van der Waals surface area contributed by atoms with Crippen molar-refractivity contribution < 1.29 is 14.3 Å². The zero-order valence-corrected chi connectivity index (χ0v) is 14.2. The Bertz CT molecular complexity index is 657. The summed E-state index contributed by atoms with van der Waals surface area (Å²) in [4.78, 5) is 16.2.